The number of oxazole rings is 1. The zero-order valence-electron chi connectivity index (χ0n) is 18.7. The van der Waals surface area contributed by atoms with Gasteiger partial charge in [0.25, 0.3) is 0 Å². The van der Waals surface area contributed by atoms with Crippen molar-refractivity contribution >= 4 is 23.5 Å². The molecule has 1 fully saturated rings. The van der Waals surface area contributed by atoms with Gasteiger partial charge in [0.2, 0.25) is 5.89 Å². The lowest BCUT2D eigenvalue weighted by Gasteiger charge is -2.26. The molecule has 1 saturated heterocycles. The first kappa shape index (κ1) is 23.2. The second kappa shape index (κ2) is 12.3. The molecule has 2 N–H and O–H groups in total. The lowest BCUT2D eigenvalue weighted by Crippen LogP contribution is -2.41. The van der Waals surface area contributed by atoms with Gasteiger partial charge in [-0.2, -0.15) is 0 Å². The number of piperidine rings is 1. The summed E-state index contributed by atoms with van der Waals surface area (Å²) in [7, 11) is 0. The first-order valence-corrected chi connectivity index (χ1v) is 12.5. The van der Waals surface area contributed by atoms with Gasteiger partial charge in [-0.05, 0) is 62.3 Å². The van der Waals surface area contributed by atoms with Crippen molar-refractivity contribution in [2.45, 2.75) is 25.0 Å². The summed E-state index contributed by atoms with van der Waals surface area (Å²) in [4.78, 5) is 18.8. The second-order valence-corrected chi connectivity index (χ2v) is 8.98. The zero-order valence-corrected chi connectivity index (χ0v) is 19.5. The summed E-state index contributed by atoms with van der Waals surface area (Å²) in [5, 5.41) is 5.80. The molecular weight excluding hydrogens is 436 g/mol. The topological polar surface area (TPSA) is 79.6 Å². The van der Waals surface area contributed by atoms with Crippen LogP contribution < -0.4 is 15.4 Å². The number of hydrogen-bond acceptors (Lipinski definition) is 6. The Morgan fingerprint density at radius 2 is 1.85 bits per heavy atom. The molecule has 0 radical (unpaired) electrons. The monoisotopic (exact) mass is 466 g/mol. The van der Waals surface area contributed by atoms with Crippen molar-refractivity contribution in [1.29, 1.82) is 0 Å². The number of nitrogens with one attached hydrogen (secondary N) is 2. The highest BCUT2D eigenvalue weighted by molar-refractivity contribution is 7.98. The van der Waals surface area contributed by atoms with Gasteiger partial charge < -0.3 is 19.8 Å². The largest absolute Gasteiger partial charge is 0.493 e. The third kappa shape index (κ3) is 7.54. The Bertz CT molecular complexity index is 988. The highest BCUT2D eigenvalue weighted by Crippen LogP contribution is 2.24. The van der Waals surface area contributed by atoms with E-state index in [0.29, 0.717) is 30.7 Å². The first-order chi connectivity index (χ1) is 16.3. The van der Waals surface area contributed by atoms with E-state index in [2.05, 4.69) is 20.5 Å². The molecule has 4 rings (SSSR count). The Balaban J connectivity index is 1.17. The van der Waals surface area contributed by atoms with Crippen molar-refractivity contribution in [1.82, 2.24) is 15.2 Å². The predicted octanol–water partition coefficient (Wildman–Crippen LogP) is 5.22. The summed E-state index contributed by atoms with van der Waals surface area (Å²) >= 11 is 1.72. The van der Waals surface area contributed by atoms with E-state index >= 15 is 0 Å². The summed E-state index contributed by atoms with van der Waals surface area (Å²) in [5.41, 5.74) is 1.66. The molecule has 0 saturated carbocycles. The fraction of sp³-hybridized carbons (Fsp3) is 0.360. The van der Waals surface area contributed by atoms with Gasteiger partial charge in [0, 0.05) is 17.0 Å². The van der Waals surface area contributed by atoms with Gasteiger partial charge in [0.15, 0.2) is 5.76 Å². The van der Waals surface area contributed by atoms with Gasteiger partial charge in [-0.1, -0.05) is 24.6 Å². The van der Waals surface area contributed by atoms with Crippen molar-refractivity contribution in [3.63, 3.8) is 0 Å². The van der Waals surface area contributed by atoms with E-state index in [1.807, 2.05) is 54.6 Å². The third-order valence-corrected chi connectivity index (χ3v) is 6.26. The normalized spacial score (nSPS) is 14.1. The summed E-state index contributed by atoms with van der Waals surface area (Å²) in [6.45, 7) is 3.33. The van der Waals surface area contributed by atoms with Crippen LogP contribution in [0.1, 0.15) is 25.2 Å². The quantitative estimate of drug-likeness (QED) is 0.399. The number of nitrogens with zero attached hydrogens (tertiary/aromatic N) is 2. The lowest BCUT2D eigenvalue weighted by atomic mass is 10.1. The lowest BCUT2D eigenvalue weighted by molar-refractivity contribution is 0.207. The number of aromatic nitrogens is 1. The van der Waals surface area contributed by atoms with Crippen LogP contribution in [0.2, 0.25) is 0 Å². The number of anilines is 1. The summed E-state index contributed by atoms with van der Waals surface area (Å²) in [5.74, 6) is 3.83. The third-order valence-electron chi connectivity index (χ3n) is 5.36. The zero-order chi connectivity index (χ0) is 22.7. The van der Waals surface area contributed by atoms with Gasteiger partial charge in [-0.15, -0.1) is 11.8 Å². The number of ether oxygens (including phenoxy) is 1. The molecular formula is C25H30N4O3S. The van der Waals surface area contributed by atoms with Crippen LogP contribution >= 0.6 is 11.8 Å². The van der Waals surface area contributed by atoms with Crippen LogP contribution in [0.3, 0.4) is 0 Å². The molecule has 7 nitrogen and oxygen atoms in total. The van der Waals surface area contributed by atoms with Crippen LogP contribution in [0.15, 0.2) is 65.2 Å². The maximum Gasteiger partial charge on any atom is 0.320 e. The number of carbonyl (C=O) groups excluding carboxylic acids is 1. The molecule has 8 heteroatoms. The van der Waals surface area contributed by atoms with Crippen molar-refractivity contribution in [2.24, 2.45) is 0 Å². The van der Waals surface area contributed by atoms with Gasteiger partial charge in [0.05, 0.1) is 25.2 Å². The van der Waals surface area contributed by atoms with E-state index in [1.54, 1.807) is 18.0 Å². The van der Waals surface area contributed by atoms with Crippen LogP contribution in [0.5, 0.6) is 5.75 Å². The number of para-hydroxylation sites is 1. The van der Waals surface area contributed by atoms with Gasteiger partial charge >= 0.3 is 6.03 Å². The van der Waals surface area contributed by atoms with Crippen LogP contribution in [-0.2, 0) is 5.75 Å². The molecule has 174 valence electrons. The molecule has 3 aromatic rings. The van der Waals surface area contributed by atoms with E-state index in [9.17, 15) is 4.79 Å². The number of carbonyl (C=O) groups is 1. The van der Waals surface area contributed by atoms with Gasteiger partial charge in [0.1, 0.15) is 5.75 Å². The number of thioether (sulfide) groups is 1. The minimum atomic E-state index is -0.191. The molecule has 2 amide bonds. The van der Waals surface area contributed by atoms with Crippen LogP contribution in [0.25, 0.3) is 11.3 Å². The van der Waals surface area contributed by atoms with E-state index in [-0.39, 0.29) is 6.03 Å². The standard InChI is InChI=1S/C25H30N4O3S/c30-25(27-19-29-13-5-2-6-14-29)28-21-11-9-20(10-12-21)23-17-26-24(32-23)18-33-16-15-31-22-7-3-1-4-8-22/h1,3-4,7-12,17H,2,5-6,13-16,18-19H2,(H2,27,28,30). The molecule has 0 aliphatic carbocycles. The molecule has 0 atom stereocenters. The summed E-state index contributed by atoms with van der Waals surface area (Å²) < 4.78 is 11.6. The van der Waals surface area contributed by atoms with E-state index in [0.717, 1.165) is 35.8 Å². The average Bonchev–Trinajstić information content (AvgIpc) is 3.33. The van der Waals surface area contributed by atoms with Crippen LogP contribution in [0.4, 0.5) is 10.5 Å². The minimum absolute atomic E-state index is 0.191. The van der Waals surface area contributed by atoms with E-state index in [4.69, 9.17) is 9.15 Å². The van der Waals surface area contributed by atoms with Gasteiger partial charge in [-0.3, -0.25) is 4.90 Å². The van der Waals surface area contributed by atoms with E-state index < -0.39 is 0 Å². The number of urea groups is 1. The Labute approximate surface area is 198 Å². The molecule has 33 heavy (non-hydrogen) atoms. The highest BCUT2D eigenvalue weighted by atomic mass is 32.2. The summed E-state index contributed by atoms with van der Waals surface area (Å²) in [6, 6.07) is 17.2. The van der Waals surface area contributed by atoms with Crippen molar-refractivity contribution in [2.75, 3.05) is 37.4 Å². The fourth-order valence-corrected chi connectivity index (χ4v) is 4.25. The highest BCUT2D eigenvalue weighted by Gasteiger charge is 2.11. The number of rotatable bonds is 10. The van der Waals surface area contributed by atoms with Crippen LogP contribution in [0, 0.1) is 0 Å². The number of amides is 2. The SMILES string of the molecule is O=C(NCN1CCCCC1)Nc1ccc(-c2cnc(CSCCOc3ccccc3)o2)cc1. The number of likely N-dealkylation sites (tertiary alicyclic amines) is 1. The van der Waals surface area contributed by atoms with Crippen LogP contribution in [-0.4, -0.2) is 48.0 Å². The number of hydrogen-bond donors (Lipinski definition) is 2. The predicted molar refractivity (Wildman–Crippen MR) is 132 cm³/mol. The second-order valence-electron chi connectivity index (χ2n) is 7.88. The average molecular weight is 467 g/mol. The molecule has 1 aromatic heterocycles. The Morgan fingerprint density at radius 3 is 2.64 bits per heavy atom. The Kier molecular flexibility index (Phi) is 8.66. The molecule has 0 unspecified atom stereocenters. The maximum atomic E-state index is 12.2. The van der Waals surface area contributed by atoms with Crippen molar-refractivity contribution in [3.8, 4) is 17.1 Å². The van der Waals surface area contributed by atoms with E-state index in [1.165, 1.54) is 19.3 Å². The molecule has 2 heterocycles. The first-order valence-electron chi connectivity index (χ1n) is 11.3. The molecule has 0 bridgehead atoms. The molecule has 1 aliphatic heterocycles. The fourth-order valence-electron chi connectivity index (χ4n) is 3.60. The minimum Gasteiger partial charge on any atom is -0.493 e. The van der Waals surface area contributed by atoms with Crippen molar-refractivity contribution in [3.05, 3.63) is 66.7 Å². The Hall–Kier alpha value is -2.97. The number of benzene rings is 2. The molecule has 2 aromatic carbocycles. The molecule has 0 spiro atoms. The molecule has 1 aliphatic rings. The Morgan fingerprint density at radius 1 is 1.06 bits per heavy atom. The maximum absolute atomic E-state index is 12.2. The van der Waals surface area contributed by atoms with Crippen molar-refractivity contribution < 1.29 is 13.9 Å². The van der Waals surface area contributed by atoms with Gasteiger partial charge in [-0.25, -0.2) is 9.78 Å². The summed E-state index contributed by atoms with van der Waals surface area (Å²) in [6.07, 6.45) is 5.43. The smallest absolute Gasteiger partial charge is 0.320 e.